The van der Waals surface area contributed by atoms with Crippen molar-refractivity contribution in [1.29, 1.82) is 0 Å². The first kappa shape index (κ1) is 21.2. The van der Waals surface area contributed by atoms with Crippen molar-refractivity contribution in [3.8, 4) is 0 Å². The van der Waals surface area contributed by atoms with E-state index < -0.39 is 0 Å². The number of piperidine rings is 1. The molecule has 0 radical (unpaired) electrons. The third kappa shape index (κ3) is 4.30. The van der Waals surface area contributed by atoms with Crippen molar-refractivity contribution in [2.45, 2.75) is 64.0 Å². The summed E-state index contributed by atoms with van der Waals surface area (Å²) in [6.45, 7) is 6.57. The fraction of sp³-hybridized carbons (Fsp3) is 0.652. The normalized spacial score (nSPS) is 23.2. The second-order valence-electron chi connectivity index (χ2n) is 9.90. The summed E-state index contributed by atoms with van der Waals surface area (Å²) in [4.78, 5) is 29.4. The zero-order valence-corrected chi connectivity index (χ0v) is 18.7. The molecule has 5 rings (SSSR count). The first-order valence-corrected chi connectivity index (χ1v) is 11.6. The molecule has 4 heterocycles. The standard InChI is InChI=1S/C23H31N5O4/c1-15(2)20-25-26-21(32-20)18-11-23(14-28(18)12-19(29)24-17-3-4-17)6-8-27(9-7-23)22(30)16-5-10-31-13-16/h5,10,13,15,17-18H,3-4,6-9,11-12,14H2,1-2H3,(H,24,29). The van der Waals surface area contributed by atoms with Crippen molar-refractivity contribution in [3.63, 3.8) is 0 Å². The van der Waals surface area contributed by atoms with Gasteiger partial charge in [0.25, 0.3) is 5.91 Å². The van der Waals surface area contributed by atoms with Gasteiger partial charge in [0.2, 0.25) is 17.7 Å². The largest absolute Gasteiger partial charge is 0.472 e. The van der Waals surface area contributed by atoms with Gasteiger partial charge in [-0.2, -0.15) is 0 Å². The van der Waals surface area contributed by atoms with E-state index in [1.165, 1.54) is 12.5 Å². The van der Waals surface area contributed by atoms with Crippen molar-refractivity contribution in [2.24, 2.45) is 5.41 Å². The summed E-state index contributed by atoms with van der Waals surface area (Å²) in [5, 5.41) is 11.7. The minimum atomic E-state index is -0.0731. The lowest BCUT2D eigenvalue weighted by molar-refractivity contribution is -0.122. The average Bonchev–Trinajstić information content (AvgIpc) is 3.17. The molecule has 2 aromatic heterocycles. The van der Waals surface area contributed by atoms with E-state index in [0.29, 0.717) is 43.0 Å². The van der Waals surface area contributed by atoms with Gasteiger partial charge in [-0.15, -0.1) is 10.2 Å². The Balaban J connectivity index is 1.30. The van der Waals surface area contributed by atoms with Gasteiger partial charge in [0.15, 0.2) is 0 Å². The Kier molecular flexibility index (Phi) is 5.53. The molecule has 1 saturated carbocycles. The SMILES string of the molecule is CC(C)c1nnc(C2CC3(CCN(C(=O)c4ccoc4)CC3)CN2CC(=O)NC2CC2)o1. The van der Waals surface area contributed by atoms with Crippen LogP contribution in [-0.2, 0) is 4.79 Å². The van der Waals surface area contributed by atoms with Crippen molar-refractivity contribution in [1.82, 2.24) is 25.3 Å². The molecule has 0 aromatic carbocycles. The number of nitrogens with zero attached hydrogens (tertiary/aromatic N) is 4. The monoisotopic (exact) mass is 441 g/mol. The molecule has 1 unspecified atom stereocenters. The Morgan fingerprint density at radius 2 is 2.03 bits per heavy atom. The van der Waals surface area contributed by atoms with Crippen LogP contribution in [0.15, 0.2) is 27.4 Å². The van der Waals surface area contributed by atoms with Crippen molar-refractivity contribution in [3.05, 3.63) is 35.9 Å². The van der Waals surface area contributed by atoms with E-state index in [0.717, 1.165) is 38.6 Å². The molecule has 32 heavy (non-hydrogen) atoms. The van der Waals surface area contributed by atoms with E-state index in [4.69, 9.17) is 8.83 Å². The van der Waals surface area contributed by atoms with Gasteiger partial charge in [0, 0.05) is 31.6 Å². The Hall–Kier alpha value is -2.68. The Labute approximate surface area is 187 Å². The highest BCUT2D eigenvalue weighted by Crippen LogP contribution is 2.48. The van der Waals surface area contributed by atoms with Crippen LogP contribution < -0.4 is 5.32 Å². The molecule has 1 atom stereocenters. The number of hydrogen-bond donors (Lipinski definition) is 1. The molecular weight excluding hydrogens is 410 g/mol. The summed E-state index contributed by atoms with van der Waals surface area (Å²) < 4.78 is 11.1. The lowest BCUT2D eigenvalue weighted by atomic mass is 9.76. The van der Waals surface area contributed by atoms with Gasteiger partial charge in [-0.3, -0.25) is 14.5 Å². The molecule has 9 heteroatoms. The summed E-state index contributed by atoms with van der Waals surface area (Å²) in [5.74, 6) is 1.47. The number of likely N-dealkylation sites (tertiary alicyclic amines) is 2. The van der Waals surface area contributed by atoms with Crippen LogP contribution in [0, 0.1) is 5.41 Å². The fourth-order valence-corrected chi connectivity index (χ4v) is 4.97. The molecule has 3 aliphatic rings. The maximum Gasteiger partial charge on any atom is 0.257 e. The molecular formula is C23H31N5O4. The van der Waals surface area contributed by atoms with E-state index in [-0.39, 0.29) is 29.2 Å². The highest BCUT2D eigenvalue weighted by Gasteiger charge is 2.49. The van der Waals surface area contributed by atoms with Gasteiger partial charge < -0.3 is 19.1 Å². The number of rotatable bonds is 6. The third-order valence-corrected chi connectivity index (χ3v) is 7.01. The van der Waals surface area contributed by atoms with E-state index in [1.807, 2.05) is 18.7 Å². The number of amides is 2. The van der Waals surface area contributed by atoms with Gasteiger partial charge in [0.05, 0.1) is 24.4 Å². The molecule has 1 aliphatic carbocycles. The van der Waals surface area contributed by atoms with E-state index in [1.54, 1.807) is 6.07 Å². The van der Waals surface area contributed by atoms with Crippen molar-refractivity contribution >= 4 is 11.8 Å². The highest BCUT2D eigenvalue weighted by molar-refractivity contribution is 5.93. The number of carbonyl (C=O) groups is 2. The second-order valence-corrected chi connectivity index (χ2v) is 9.90. The molecule has 2 amide bonds. The van der Waals surface area contributed by atoms with Gasteiger partial charge >= 0.3 is 0 Å². The third-order valence-electron chi connectivity index (χ3n) is 7.01. The molecule has 2 saturated heterocycles. The summed E-state index contributed by atoms with van der Waals surface area (Å²) in [5.41, 5.74) is 0.625. The van der Waals surface area contributed by atoms with Gasteiger partial charge in [0.1, 0.15) is 6.26 Å². The Bertz CT molecular complexity index is 957. The quantitative estimate of drug-likeness (QED) is 0.735. The maximum atomic E-state index is 12.7. The smallest absolute Gasteiger partial charge is 0.257 e. The average molecular weight is 442 g/mol. The molecule has 2 aromatic rings. The van der Waals surface area contributed by atoms with E-state index in [2.05, 4.69) is 20.4 Å². The predicted molar refractivity (Wildman–Crippen MR) is 115 cm³/mol. The van der Waals surface area contributed by atoms with Crippen LogP contribution in [0.1, 0.15) is 80.1 Å². The topological polar surface area (TPSA) is 105 Å². The zero-order chi connectivity index (χ0) is 22.3. The van der Waals surface area contributed by atoms with Gasteiger partial charge in [-0.25, -0.2) is 0 Å². The first-order chi connectivity index (χ1) is 15.4. The molecule has 0 bridgehead atoms. The van der Waals surface area contributed by atoms with Crippen molar-refractivity contribution < 1.29 is 18.4 Å². The van der Waals surface area contributed by atoms with E-state index in [9.17, 15) is 9.59 Å². The number of aromatic nitrogens is 2. The molecule has 172 valence electrons. The number of nitrogens with one attached hydrogen (secondary N) is 1. The zero-order valence-electron chi connectivity index (χ0n) is 18.7. The van der Waals surface area contributed by atoms with Gasteiger partial charge in [-0.1, -0.05) is 13.8 Å². The van der Waals surface area contributed by atoms with Crippen molar-refractivity contribution in [2.75, 3.05) is 26.2 Å². The van der Waals surface area contributed by atoms with Crippen LogP contribution in [0.2, 0.25) is 0 Å². The Morgan fingerprint density at radius 3 is 2.66 bits per heavy atom. The van der Waals surface area contributed by atoms with Crippen LogP contribution in [0.4, 0.5) is 0 Å². The summed E-state index contributed by atoms with van der Waals surface area (Å²) in [7, 11) is 0. The molecule has 3 fully saturated rings. The van der Waals surface area contributed by atoms with Crippen LogP contribution in [0.3, 0.4) is 0 Å². The lowest BCUT2D eigenvalue weighted by Gasteiger charge is -2.39. The highest BCUT2D eigenvalue weighted by atomic mass is 16.4. The van der Waals surface area contributed by atoms with Crippen LogP contribution in [0.25, 0.3) is 0 Å². The minimum Gasteiger partial charge on any atom is -0.472 e. The summed E-state index contributed by atoms with van der Waals surface area (Å²) >= 11 is 0. The maximum absolute atomic E-state index is 12.7. The number of furan rings is 1. The first-order valence-electron chi connectivity index (χ1n) is 11.6. The Morgan fingerprint density at radius 1 is 1.25 bits per heavy atom. The van der Waals surface area contributed by atoms with E-state index >= 15 is 0 Å². The fourth-order valence-electron chi connectivity index (χ4n) is 4.97. The van der Waals surface area contributed by atoms with Gasteiger partial charge in [-0.05, 0) is 43.6 Å². The molecule has 9 nitrogen and oxygen atoms in total. The number of hydrogen-bond acceptors (Lipinski definition) is 7. The van der Waals surface area contributed by atoms with Crippen LogP contribution in [-0.4, -0.2) is 64.0 Å². The molecule has 1 spiro atoms. The van der Waals surface area contributed by atoms with Crippen LogP contribution >= 0.6 is 0 Å². The second kappa shape index (κ2) is 8.35. The summed E-state index contributed by atoms with van der Waals surface area (Å²) in [6, 6.07) is 1.97. The predicted octanol–water partition coefficient (Wildman–Crippen LogP) is 2.73. The molecule has 2 aliphatic heterocycles. The molecule has 1 N–H and O–H groups in total. The lowest BCUT2D eigenvalue weighted by Crippen LogP contribution is -2.45. The summed E-state index contributed by atoms with van der Waals surface area (Å²) in [6.07, 6.45) is 7.80. The van der Waals surface area contributed by atoms with Crippen LogP contribution in [0.5, 0.6) is 0 Å². The minimum absolute atomic E-state index is 0.0160. The number of carbonyl (C=O) groups excluding carboxylic acids is 2.